The number of carbonyl (C=O) groups is 1. The second kappa shape index (κ2) is 4.77. The van der Waals surface area contributed by atoms with Gasteiger partial charge >= 0.3 is 0 Å². The molecule has 0 saturated heterocycles. The van der Waals surface area contributed by atoms with Crippen LogP contribution in [0.3, 0.4) is 0 Å². The Bertz CT molecular complexity index is 376. The van der Waals surface area contributed by atoms with Gasteiger partial charge in [0.05, 0.1) is 5.02 Å². The molecule has 0 aliphatic carbocycles. The van der Waals surface area contributed by atoms with E-state index < -0.39 is 5.91 Å². The highest BCUT2D eigenvalue weighted by Gasteiger charge is 1.98. The molecule has 1 rings (SSSR count). The maximum Gasteiger partial charge on any atom is 0.221 e. The zero-order valence-electron chi connectivity index (χ0n) is 7.34. The Hall–Kier alpha value is -1.35. The number of benzene rings is 1. The fourth-order valence-corrected chi connectivity index (χ4v) is 1.17. The van der Waals surface area contributed by atoms with Crippen LogP contribution in [-0.4, -0.2) is 5.91 Å². The second-order valence-electron chi connectivity index (χ2n) is 2.74. The van der Waals surface area contributed by atoms with Crippen LogP contribution in [0, 0.1) is 5.82 Å². The lowest BCUT2D eigenvalue weighted by Crippen LogP contribution is -2.07. The van der Waals surface area contributed by atoms with Crippen LogP contribution in [0.25, 0.3) is 6.08 Å². The zero-order valence-corrected chi connectivity index (χ0v) is 8.09. The van der Waals surface area contributed by atoms with Crippen molar-refractivity contribution < 1.29 is 9.18 Å². The topological polar surface area (TPSA) is 43.1 Å². The van der Waals surface area contributed by atoms with Crippen LogP contribution < -0.4 is 5.73 Å². The minimum atomic E-state index is -0.417. The van der Waals surface area contributed by atoms with Crippen LogP contribution >= 0.6 is 11.6 Å². The summed E-state index contributed by atoms with van der Waals surface area (Å²) in [6.45, 7) is 0. The molecule has 2 N–H and O–H groups in total. The van der Waals surface area contributed by atoms with Crippen LogP contribution in [0.2, 0.25) is 5.02 Å². The SMILES string of the molecule is NC(=O)CC=Cc1ccc(F)cc1Cl. The molecule has 0 unspecified atom stereocenters. The molecular weight excluding hydrogens is 205 g/mol. The van der Waals surface area contributed by atoms with E-state index in [9.17, 15) is 9.18 Å². The van der Waals surface area contributed by atoms with E-state index in [-0.39, 0.29) is 12.2 Å². The number of amides is 1. The summed E-state index contributed by atoms with van der Waals surface area (Å²) in [6, 6.07) is 4.05. The van der Waals surface area contributed by atoms with Gasteiger partial charge in [-0.15, -0.1) is 0 Å². The largest absolute Gasteiger partial charge is 0.369 e. The molecule has 0 aliphatic heterocycles. The number of hydrogen-bond acceptors (Lipinski definition) is 1. The van der Waals surface area contributed by atoms with Crippen LogP contribution in [0.5, 0.6) is 0 Å². The van der Waals surface area contributed by atoms with Crippen LogP contribution in [0.4, 0.5) is 4.39 Å². The van der Waals surface area contributed by atoms with Gasteiger partial charge in [-0.3, -0.25) is 4.79 Å². The summed E-state index contributed by atoms with van der Waals surface area (Å²) >= 11 is 5.74. The fraction of sp³-hybridized carbons (Fsp3) is 0.100. The van der Waals surface area contributed by atoms with E-state index in [1.807, 2.05) is 0 Å². The highest BCUT2D eigenvalue weighted by Crippen LogP contribution is 2.18. The first-order chi connectivity index (χ1) is 6.59. The van der Waals surface area contributed by atoms with Gasteiger partial charge in [0, 0.05) is 6.42 Å². The maximum absolute atomic E-state index is 12.6. The average molecular weight is 214 g/mol. The van der Waals surface area contributed by atoms with Crippen LogP contribution in [0.15, 0.2) is 24.3 Å². The van der Waals surface area contributed by atoms with Gasteiger partial charge in [-0.1, -0.05) is 29.8 Å². The van der Waals surface area contributed by atoms with E-state index in [1.54, 1.807) is 12.2 Å². The van der Waals surface area contributed by atoms with Gasteiger partial charge in [0.2, 0.25) is 5.91 Å². The Morgan fingerprint density at radius 2 is 2.29 bits per heavy atom. The minimum absolute atomic E-state index is 0.147. The van der Waals surface area contributed by atoms with E-state index in [0.717, 1.165) is 0 Å². The highest BCUT2D eigenvalue weighted by atomic mass is 35.5. The summed E-state index contributed by atoms with van der Waals surface area (Å²) in [4.78, 5) is 10.4. The van der Waals surface area contributed by atoms with Crippen molar-refractivity contribution in [1.29, 1.82) is 0 Å². The molecule has 0 radical (unpaired) electrons. The van der Waals surface area contributed by atoms with Crippen molar-refractivity contribution in [3.05, 3.63) is 40.7 Å². The lowest BCUT2D eigenvalue weighted by atomic mass is 10.2. The predicted octanol–water partition coefficient (Wildman–Crippen LogP) is 2.37. The molecule has 74 valence electrons. The maximum atomic E-state index is 12.6. The molecule has 0 aliphatic rings. The fourth-order valence-electron chi connectivity index (χ4n) is 0.939. The standard InChI is InChI=1S/C10H9ClFNO/c11-9-6-8(12)5-4-7(9)2-1-3-10(13)14/h1-2,4-6H,3H2,(H2,13,14). The molecule has 1 aromatic carbocycles. The van der Waals surface area contributed by atoms with E-state index in [4.69, 9.17) is 17.3 Å². The van der Waals surface area contributed by atoms with Gasteiger partial charge in [-0.2, -0.15) is 0 Å². The van der Waals surface area contributed by atoms with Crippen LogP contribution in [0.1, 0.15) is 12.0 Å². The average Bonchev–Trinajstić information content (AvgIpc) is 2.08. The molecule has 0 heterocycles. The molecule has 1 aromatic rings. The molecule has 0 aromatic heterocycles. The summed E-state index contributed by atoms with van der Waals surface area (Å²) in [5.74, 6) is -0.804. The predicted molar refractivity (Wildman–Crippen MR) is 54.3 cm³/mol. The smallest absolute Gasteiger partial charge is 0.221 e. The number of rotatable bonds is 3. The van der Waals surface area contributed by atoms with Crippen molar-refractivity contribution in [3.63, 3.8) is 0 Å². The van der Waals surface area contributed by atoms with E-state index in [2.05, 4.69) is 0 Å². The third-order valence-electron chi connectivity index (χ3n) is 1.58. The number of carbonyl (C=O) groups excluding carboxylic acids is 1. The Balaban J connectivity index is 2.76. The summed E-state index contributed by atoms with van der Waals surface area (Å²) < 4.78 is 12.6. The molecule has 0 saturated carbocycles. The number of halogens is 2. The minimum Gasteiger partial charge on any atom is -0.369 e. The Morgan fingerprint density at radius 1 is 1.57 bits per heavy atom. The van der Waals surface area contributed by atoms with E-state index in [0.29, 0.717) is 10.6 Å². The molecular formula is C10H9ClFNO. The van der Waals surface area contributed by atoms with Gasteiger partial charge in [-0.05, 0) is 17.7 Å². The van der Waals surface area contributed by atoms with E-state index >= 15 is 0 Å². The van der Waals surface area contributed by atoms with Gasteiger partial charge < -0.3 is 5.73 Å². The van der Waals surface area contributed by atoms with Crippen LogP contribution in [-0.2, 0) is 4.79 Å². The van der Waals surface area contributed by atoms with Gasteiger partial charge in [0.25, 0.3) is 0 Å². The monoisotopic (exact) mass is 213 g/mol. The summed E-state index contributed by atoms with van der Waals surface area (Å²) in [5, 5.41) is 0.311. The Morgan fingerprint density at radius 3 is 2.86 bits per heavy atom. The lowest BCUT2D eigenvalue weighted by molar-refractivity contribution is -0.117. The van der Waals surface area contributed by atoms with Crippen molar-refractivity contribution in [2.75, 3.05) is 0 Å². The zero-order chi connectivity index (χ0) is 10.6. The summed E-state index contributed by atoms with van der Waals surface area (Å²) in [5.41, 5.74) is 5.60. The molecule has 0 fully saturated rings. The normalized spacial score (nSPS) is 10.7. The third-order valence-corrected chi connectivity index (χ3v) is 1.91. The van der Waals surface area contributed by atoms with Gasteiger partial charge in [0.15, 0.2) is 0 Å². The Labute approximate surface area is 86.2 Å². The first-order valence-electron chi connectivity index (χ1n) is 3.99. The van der Waals surface area contributed by atoms with Crippen molar-refractivity contribution in [3.8, 4) is 0 Å². The molecule has 0 bridgehead atoms. The number of primary amides is 1. The van der Waals surface area contributed by atoms with Crippen molar-refractivity contribution >= 4 is 23.6 Å². The molecule has 4 heteroatoms. The number of nitrogens with two attached hydrogens (primary N) is 1. The van der Waals surface area contributed by atoms with Gasteiger partial charge in [-0.25, -0.2) is 4.39 Å². The first kappa shape index (κ1) is 10.7. The molecule has 14 heavy (non-hydrogen) atoms. The molecule has 0 atom stereocenters. The highest BCUT2D eigenvalue weighted by molar-refractivity contribution is 6.32. The first-order valence-corrected chi connectivity index (χ1v) is 4.37. The quantitative estimate of drug-likeness (QED) is 0.823. The lowest BCUT2D eigenvalue weighted by Gasteiger charge is -1.97. The molecule has 2 nitrogen and oxygen atoms in total. The Kier molecular flexibility index (Phi) is 3.65. The van der Waals surface area contributed by atoms with Crippen molar-refractivity contribution in [2.24, 2.45) is 5.73 Å². The molecule has 1 amide bonds. The van der Waals surface area contributed by atoms with E-state index in [1.165, 1.54) is 18.2 Å². The van der Waals surface area contributed by atoms with Crippen molar-refractivity contribution in [1.82, 2.24) is 0 Å². The second-order valence-corrected chi connectivity index (χ2v) is 3.15. The number of hydrogen-bond donors (Lipinski definition) is 1. The van der Waals surface area contributed by atoms with Crippen molar-refractivity contribution in [2.45, 2.75) is 6.42 Å². The summed E-state index contributed by atoms with van der Waals surface area (Å²) in [6.07, 6.45) is 3.36. The van der Waals surface area contributed by atoms with Gasteiger partial charge in [0.1, 0.15) is 5.82 Å². The summed E-state index contributed by atoms with van der Waals surface area (Å²) in [7, 11) is 0. The molecule has 0 spiro atoms. The third kappa shape index (κ3) is 3.18.